The summed E-state index contributed by atoms with van der Waals surface area (Å²) >= 11 is 0. The van der Waals surface area contributed by atoms with Gasteiger partial charge in [-0.15, -0.1) is 0 Å². The average Bonchev–Trinajstić information content (AvgIpc) is 2.17. The van der Waals surface area contributed by atoms with Gasteiger partial charge in [-0.25, -0.2) is 0 Å². The first-order chi connectivity index (χ1) is 5.75. The number of carbonyl (C=O) groups excluding carboxylic acids is 1. The second-order valence-corrected chi connectivity index (χ2v) is 2.37. The molecule has 0 saturated carbocycles. The quantitative estimate of drug-likeness (QED) is 0.598. The number of hydrogen-bond acceptors (Lipinski definition) is 4. The lowest BCUT2D eigenvalue weighted by Gasteiger charge is -2.04. The Kier molecular flexibility index (Phi) is 2.90. The summed E-state index contributed by atoms with van der Waals surface area (Å²) in [6.45, 7) is -0.352. The van der Waals surface area contributed by atoms with E-state index < -0.39 is 6.04 Å². The maximum atomic E-state index is 11.2. The third-order valence-corrected chi connectivity index (χ3v) is 1.45. The van der Waals surface area contributed by atoms with Gasteiger partial charge in [0.25, 0.3) is 0 Å². The zero-order valence-corrected chi connectivity index (χ0v) is 6.47. The number of rotatable bonds is 3. The van der Waals surface area contributed by atoms with Gasteiger partial charge >= 0.3 is 0 Å². The van der Waals surface area contributed by atoms with Gasteiger partial charge in [0.05, 0.1) is 12.6 Å². The van der Waals surface area contributed by atoms with Crippen LogP contribution in [0, 0.1) is 0 Å². The molecule has 0 aliphatic rings. The summed E-state index contributed by atoms with van der Waals surface area (Å²) in [4.78, 5) is 15.0. The van der Waals surface area contributed by atoms with E-state index in [1.807, 2.05) is 0 Å². The van der Waals surface area contributed by atoms with Crippen LogP contribution in [-0.4, -0.2) is 28.5 Å². The van der Waals surface area contributed by atoms with Crippen LogP contribution in [0.4, 0.5) is 0 Å². The van der Waals surface area contributed by atoms with Crippen molar-refractivity contribution in [1.82, 2.24) is 4.98 Å². The van der Waals surface area contributed by atoms with Gasteiger partial charge < -0.3 is 10.8 Å². The first kappa shape index (κ1) is 8.83. The fourth-order valence-electron chi connectivity index (χ4n) is 0.781. The van der Waals surface area contributed by atoms with Crippen molar-refractivity contribution in [1.29, 1.82) is 0 Å². The first-order valence-corrected chi connectivity index (χ1v) is 3.57. The van der Waals surface area contributed by atoms with Gasteiger partial charge in [0.1, 0.15) is 5.69 Å². The molecule has 0 spiro atoms. The van der Waals surface area contributed by atoms with Crippen LogP contribution in [0.15, 0.2) is 24.4 Å². The molecule has 0 bridgehead atoms. The van der Waals surface area contributed by atoms with Gasteiger partial charge in [-0.1, -0.05) is 6.07 Å². The van der Waals surface area contributed by atoms with E-state index in [0.29, 0.717) is 5.69 Å². The molecule has 1 unspecified atom stereocenters. The number of aromatic nitrogens is 1. The Morgan fingerprint density at radius 1 is 1.67 bits per heavy atom. The molecule has 1 atom stereocenters. The first-order valence-electron chi connectivity index (χ1n) is 3.57. The maximum Gasteiger partial charge on any atom is 0.200 e. The number of nitrogens with zero attached hydrogens (tertiary/aromatic N) is 1. The predicted molar refractivity (Wildman–Crippen MR) is 43.6 cm³/mol. The van der Waals surface area contributed by atoms with Crippen LogP contribution in [0.25, 0.3) is 0 Å². The molecule has 0 aliphatic heterocycles. The Balaban J connectivity index is 2.79. The van der Waals surface area contributed by atoms with Gasteiger partial charge in [0.15, 0.2) is 5.78 Å². The molecule has 64 valence electrons. The molecule has 0 aromatic carbocycles. The molecule has 1 aromatic heterocycles. The molecule has 3 N–H and O–H groups in total. The fraction of sp³-hybridized carbons (Fsp3) is 0.250. The zero-order chi connectivity index (χ0) is 8.97. The highest BCUT2D eigenvalue weighted by Crippen LogP contribution is 1.97. The van der Waals surface area contributed by atoms with Crippen LogP contribution in [-0.2, 0) is 0 Å². The van der Waals surface area contributed by atoms with E-state index in [0.717, 1.165) is 0 Å². The van der Waals surface area contributed by atoms with Crippen LogP contribution in [0.3, 0.4) is 0 Å². The van der Waals surface area contributed by atoms with E-state index in [9.17, 15) is 4.79 Å². The molecule has 0 radical (unpaired) electrons. The van der Waals surface area contributed by atoms with Crippen LogP contribution < -0.4 is 5.73 Å². The summed E-state index contributed by atoms with van der Waals surface area (Å²) in [6, 6.07) is 4.11. The Morgan fingerprint density at radius 2 is 2.42 bits per heavy atom. The number of hydrogen-bond donors (Lipinski definition) is 2. The largest absolute Gasteiger partial charge is 0.394 e. The number of aliphatic hydroxyl groups is 1. The summed E-state index contributed by atoms with van der Waals surface area (Å²) in [5.41, 5.74) is 5.60. The normalized spacial score (nSPS) is 12.5. The van der Waals surface area contributed by atoms with Gasteiger partial charge in [-0.3, -0.25) is 9.78 Å². The topological polar surface area (TPSA) is 76.2 Å². The molecule has 0 fully saturated rings. The van der Waals surface area contributed by atoms with Crippen molar-refractivity contribution in [2.24, 2.45) is 5.73 Å². The molecule has 0 aliphatic carbocycles. The Labute approximate surface area is 70.0 Å². The Bertz CT molecular complexity index is 261. The molecule has 0 saturated heterocycles. The van der Waals surface area contributed by atoms with Crippen LogP contribution in [0.5, 0.6) is 0 Å². The van der Waals surface area contributed by atoms with Crippen LogP contribution >= 0.6 is 0 Å². The molecule has 1 rings (SSSR count). The number of aliphatic hydroxyl groups excluding tert-OH is 1. The molecule has 1 heterocycles. The van der Waals surface area contributed by atoms with Crippen molar-refractivity contribution in [2.75, 3.05) is 6.61 Å². The molecule has 12 heavy (non-hydrogen) atoms. The molecule has 4 heteroatoms. The lowest BCUT2D eigenvalue weighted by Crippen LogP contribution is -2.34. The van der Waals surface area contributed by atoms with Crippen molar-refractivity contribution >= 4 is 5.78 Å². The number of pyridine rings is 1. The van der Waals surface area contributed by atoms with Crippen LogP contribution in [0.1, 0.15) is 10.5 Å². The standard InChI is InChI=1S/C8H10N2O2/c9-6(5-11)8(12)7-3-1-2-4-10-7/h1-4,6,11H,5,9H2. The third kappa shape index (κ3) is 1.87. The molecule has 0 amide bonds. The second-order valence-electron chi connectivity index (χ2n) is 2.37. The van der Waals surface area contributed by atoms with Crippen molar-refractivity contribution in [3.63, 3.8) is 0 Å². The SMILES string of the molecule is NC(CO)C(=O)c1ccccn1. The predicted octanol–water partition coefficient (Wildman–Crippen LogP) is -0.416. The van der Waals surface area contributed by atoms with E-state index in [4.69, 9.17) is 10.8 Å². The Hall–Kier alpha value is -1.26. The van der Waals surface area contributed by atoms with Crippen molar-refractivity contribution in [3.05, 3.63) is 30.1 Å². The third-order valence-electron chi connectivity index (χ3n) is 1.45. The number of ketones is 1. The number of Topliss-reactive ketones (excluding diaryl/α,β-unsaturated/α-hetero) is 1. The van der Waals surface area contributed by atoms with Crippen molar-refractivity contribution < 1.29 is 9.90 Å². The smallest absolute Gasteiger partial charge is 0.200 e. The summed E-state index contributed by atoms with van der Waals surface area (Å²) in [5.74, 6) is -0.335. The summed E-state index contributed by atoms with van der Waals surface area (Å²) < 4.78 is 0. The molecule has 4 nitrogen and oxygen atoms in total. The van der Waals surface area contributed by atoms with Crippen molar-refractivity contribution in [3.8, 4) is 0 Å². The summed E-state index contributed by atoms with van der Waals surface area (Å²) in [7, 11) is 0. The Morgan fingerprint density at radius 3 is 2.92 bits per heavy atom. The van der Waals surface area contributed by atoms with Crippen LogP contribution in [0.2, 0.25) is 0 Å². The highest BCUT2D eigenvalue weighted by atomic mass is 16.3. The number of nitrogens with two attached hydrogens (primary N) is 1. The highest BCUT2D eigenvalue weighted by molar-refractivity contribution is 5.98. The van der Waals surface area contributed by atoms with Gasteiger partial charge in [0.2, 0.25) is 0 Å². The van der Waals surface area contributed by atoms with Gasteiger partial charge in [0, 0.05) is 6.20 Å². The minimum atomic E-state index is -0.861. The van der Waals surface area contributed by atoms with Gasteiger partial charge in [-0.05, 0) is 12.1 Å². The lowest BCUT2D eigenvalue weighted by molar-refractivity contribution is 0.0920. The number of carbonyl (C=O) groups is 1. The second kappa shape index (κ2) is 3.94. The molecular formula is C8H10N2O2. The van der Waals surface area contributed by atoms with E-state index >= 15 is 0 Å². The zero-order valence-electron chi connectivity index (χ0n) is 6.47. The minimum absolute atomic E-state index is 0.291. The van der Waals surface area contributed by atoms with E-state index in [-0.39, 0.29) is 12.4 Å². The molecular weight excluding hydrogens is 156 g/mol. The summed E-state index contributed by atoms with van der Waals surface area (Å²) in [5, 5.41) is 8.59. The minimum Gasteiger partial charge on any atom is -0.394 e. The van der Waals surface area contributed by atoms with E-state index in [1.165, 1.54) is 6.20 Å². The van der Waals surface area contributed by atoms with E-state index in [2.05, 4.69) is 4.98 Å². The van der Waals surface area contributed by atoms with Crippen molar-refractivity contribution in [2.45, 2.75) is 6.04 Å². The maximum absolute atomic E-state index is 11.2. The van der Waals surface area contributed by atoms with Gasteiger partial charge in [-0.2, -0.15) is 0 Å². The average molecular weight is 166 g/mol. The summed E-state index contributed by atoms with van der Waals surface area (Å²) in [6.07, 6.45) is 1.51. The highest BCUT2D eigenvalue weighted by Gasteiger charge is 2.14. The fourth-order valence-corrected chi connectivity index (χ4v) is 0.781. The van der Waals surface area contributed by atoms with E-state index in [1.54, 1.807) is 18.2 Å². The lowest BCUT2D eigenvalue weighted by atomic mass is 10.1. The monoisotopic (exact) mass is 166 g/mol. The molecule has 1 aromatic rings.